The standard InChI is InChI=1S/C18H26N4O4S/c1-12-18(13(2)20-19-12)27(23,24)22-9-8-21(3)15(11-22)14-6-7-16(25-4)17(10-14)26-5/h6-7,10,15H,8-9,11H2,1-5H3,(H,19,20). The number of aromatic nitrogens is 2. The molecule has 0 radical (unpaired) electrons. The Balaban J connectivity index is 1.93. The number of methoxy groups -OCH3 is 2. The number of nitrogens with zero attached hydrogens (tertiary/aromatic N) is 3. The minimum Gasteiger partial charge on any atom is -0.493 e. The van der Waals surface area contributed by atoms with Gasteiger partial charge in [0.05, 0.1) is 25.6 Å². The van der Waals surface area contributed by atoms with Gasteiger partial charge in [-0.15, -0.1) is 0 Å². The molecule has 1 aliphatic rings. The molecular formula is C18H26N4O4S. The summed E-state index contributed by atoms with van der Waals surface area (Å²) in [4.78, 5) is 2.43. The first-order chi connectivity index (χ1) is 12.8. The van der Waals surface area contributed by atoms with Gasteiger partial charge >= 0.3 is 0 Å². The number of aromatic amines is 1. The van der Waals surface area contributed by atoms with Gasteiger partial charge in [-0.3, -0.25) is 10.00 Å². The summed E-state index contributed by atoms with van der Waals surface area (Å²) in [6, 6.07) is 5.62. The number of hydrogen-bond acceptors (Lipinski definition) is 6. The van der Waals surface area contributed by atoms with Crippen molar-refractivity contribution < 1.29 is 17.9 Å². The first-order valence-electron chi connectivity index (χ1n) is 8.73. The van der Waals surface area contributed by atoms with E-state index in [4.69, 9.17) is 9.47 Å². The van der Waals surface area contributed by atoms with Gasteiger partial charge in [-0.05, 0) is 38.6 Å². The van der Waals surface area contributed by atoms with Gasteiger partial charge < -0.3 is 9.47 Å². The van der Waals surface area contributed by atoms with Crippen molar-refractivity contribution in [1.29, 1.82) is 0 Å². The second kappa shape index (κ2) is 7.49. The van der Waals surface area contributed by atoms with Crippen LogP contribution in [0.4, 0.5) is 0 Å². The lowest BCUT2D eigenvalue weighted by Crippen LogP contribution is -2.49. The smallest absolute Gasteiger partial charge is 0.246 e. The molecule has 8 nitrogen and oxygen atoms in total. The Morgan fingerprint density at radius 1 is 1.15 bits per heavy atom. The molecule has 148 valence electrons. The number of aryl methyl sites for hydroxylation is 2. The Labute approximate surface area is 160 Å². The summed E-state index contributed by atoms with van der Waals surface area (Å²) >= 11 is 0. The lowest BCUT2D eigenvalue weighted by Gasteiger charge is -2.39. The summed E-state index contributed by atoms with van der Waals surface area (Å²) < 4.78 is 38.6. The Morgan fingerprint density at radius 2 is 1.85 bits per heavy atom. The molecule has 0 spiro atoms. The molecule has 2 aromatic rings. The van der Waals surface area contributed by atoms with Gasteiger partial charge in [0, 0.05) is 25.7 Å². The summed E-state index contributed by atoms with van der Waals surface area (Å²) in [6.45, 7) is 4.87. The molecule has 1 unspecified atom stereocenters. The molecule has 1 atom stereocenters. The highest BCUT2D eigenvalue weighted by molar-refractivity contribution is 7.89. The summed E-state index contributed by atoms with van der Waals surface area (Å²) in [5.74, 6) is 1.28. The van der Waals surface area contributed by atoms with Crippen LogP contribution in [0.15, 0.2) is 23.1 Å². The number of likely N-dealkylation sites (N-methyl/N-ethyl adjacent to an activating group) is 1. The van der Waals surface area contributed by atoms with Crippen molar-refractivity contribution >= 4 is 10.0 Å². The Kier molecular flexibility index (Phi) is 5.45. The maximum Gasteiger partial charge on any atom is 0.246 e. The largest absolute Gasteiger partial charge is 0.493 e. The molecule has 1 saturated heterocycles. The third kappa shape index (κ3) is 3.54. The molecule has 1 aliphatic heterocycles. The van der Waals surface area contributed by atoms with Crippen LogP contribution in [0.3, 0.4) is 0 Å². The van der Waals surface area contributed by atoms with Gasteiger partial charge in [0.25, 0.3) is 0 Å². The minimum atomic E-state index is -3.62. The van der Waals surface area contributed by atoms with Crippen molar-refractivity contribution in [3.63, 3.8) is 0 Å². The van der Waals surface area contributed by atoms with Crippen LogP contribution in [0.2, 0.25) is 0 Å². The van der Waals surface area contributed by atoms with Crippen LogP contribution in [0.1, 0.15) is 23.0 Å². The van der Waals surface area contributed by atoms with E-state index < -0.39 is 10.0 Å². The van der Waals surface area contributed by atoms with Gasteiger partial charge in [0.2, 0.25) is 10.0 Å². The van der Waals surface area contributed by atoms with Gasteiger partial charge in [0.15, 0.2) is 11.5 Å². The maximum atomic E-state index is 13.2. The van der Waals surface area contributed by atoms with E-state index in [1.165, 1.54) is 0 Å². The van der Waals surface area contributed by atoms with E-state index in [-0.39, 0.29) is 10.9 Å². The number of sulfonamides is 1. The average Bonchev–Trinajstić information content (AvgIpc) is 3.00. The topological polar surface area (TPSA) is 87.8 Å². The van der Waals surface area contributed by atoms with Crippen molar-refractivity contribution in [2.24, 2.45) is 0 Å². The van der Waals surface area contributed by atoms with Gasteiger partial charge in [-0.25, -0.2) is 8.42 Å². The quantitative estimate of drug-likeness (QED) is 0.831. The monoisotopic (exact) mass is 394 g/mol. The number of benzene rings is 1. The summed E-state index contributed by atoms with van der Waals surface area (Å²) in [5.41, 5.74) is 2.04. The van der Waals surface area contributed by atoms with Crippen molar-refractivity contribution in [2.45, 2.75) is 24.8 Å². The van der Waals surface area contributed by atoms with Crippen molar-refractivity contribution in [3.05, 3.63) is 35.2 Å². The van der Waals surface area contributed by atoms with Crippen LogP contribution in [0, 0.1) is 13.8 Å². The summed E-state index contributed by atoms with van der Waals surface area (Å²) in [6.07, 6.45) is 0. The van der Waals surface area contributed by atoms with Crippen LogP contribution in [-0.2, 0) is 10.0 Å². The summed E-state index contributed by atoms with van der Waals surface area (Å²) in [7, 11) is 1.57. The number of rotatable bonds is 5. The van der Waals surface area contributed by atoms with Crippen molar-refractivity contribution in [2.75, 3.05) is 40.9 Å². The molecule has 0 bridgehead atoms. The van der Waals surface area contributed by atoms with Crippen LogP contribution in [0.5, 0.6) is 11.5 Å². The molecule has 0 aliphatic carbocycles. The van der Waals surface area contributed by atoms with Gasteiger partial charge in [-0.2, -0.15) is 9.40 Å². The fourth-order valence-electron chi connectivity index (χ4n) is 3.54. The number of H-pyrrole nitrogens is 1. The van der Waals surface area contributed by atoms with Crippen LogP contribution >= 0.6 is 0 Å². The molecule has 27 heavy (non-hydrogen) atoms. The molecule has 3 rings (SSSR count). The predicted molar refractivity (Wildman–Crippen MR) is 102 cm³/mol. The maximum absolute atomic E-state index is 13.2. The molecule has 1 aromatic carbocycles. The molecular weight excluding hydrogens is 368 g/mol. The zero-order chi connectivity index (χ0) is 19.8. The minimum absolute atomic E-state index is 0.0826. The predicted octanol–water partition coefficient (Wildman–Crippen LogP) is 1.72. The highest BCUT2D eigenvalue weighted by atomic mass is 32.2. The van der Waals surface area contributed by atoms with E-state index in [2.05, 4.69) is 15.1 Å². The summed E-state index contributed by atoms with van der Waals surface area (Å²) in [5, 5.41) is 6.80. The fraction of sp³-hybridized carbons (Fsp3) is 0.500. The Hall–Kier alpha value is -2.10. The lowest BCUT2D eigenvalue weighted by molar-refractivity contribution is 0.148. The van der Waals surface area contributed by atoms with E-state index in [0.717, 1.165) is 5.56 Å². The molecule has 0 amide bonds. The van der Waals surface area contributed by atoms with Crippen LogP contribution < -0.4 is 9.47 Å². The van der Waals surface area contributed by atoms with E-state index >= 15 is 0 Å². The Morgan fingerprint density at radius 3 is 2.44 bits per heavy atom. The van der Waals surface area contributed by atoms with Crippen LogP contribution in [-0.4, -0.2) is 68.7 Å². The third-order valence-corrected chi connectivity index (χ3v) is 7.19. The number of piperazine rings is 1. The van der Waals surface area contributed by atoms with Crippen molar-refractivity contribution in [1.82, 2.24) is 19.4 Å². The zero-order valence-electron chi connectivity index (χ0n) is 16.3. The first-order valence-corrected chi connectivity index (χ1v) is 10.2. The SMILES string of the molecule is COc1ccc(C2CN(S(=O)(=O)c3c(C)n[nH]c3C)CCN2C)cc1OC. The number of ether oxygens (including phenoxy) is 2. The molecule has 0 saturated carbocycles. The fourth-order valence-corrected chi connectivity index (χ4v) is 5.31. The van der Waals surface area contributed by atoms with E-state index in [9.17, 15) is 8.42 Å². The average molecular weight is 394 g/mol. The molecule has 1 fully saturated rings. The van der Waals surface area contributed by atoms with Gasteiger partial charge in [0.1, 0.15) is 4.90 Å². The number of hydrogen-bond donors (Lipinski definition) is 1. The molecule has 1 N–H and O–H groups in total. The van der Waals surface area contributed by atoms with Crippen LogP contribution in [0.25, 0.3) is 0 Å². The van der Waals surface area contributed by atoms with E-state index in [1.54, 1.807) is 32.4 Å². The Bertz CT molecular complexity index is 906. The highest BCUT2D eigenvalue weighted by Gasteiger charge is 2.36. The van der Waals surface area contributed by atoms with Gasteiger partial charge in [-0.1, -0.05) is 6.07 Å². The zero-order valence-corrected chi connectivity index (χ0v) is 17.1. The number of nitrogens with one attached hydrogen (secondary N) is 1. The second-order valence-corrected chi connectivity index (χ2v) is 8.61. The van der Waals surface area contributed by atoms with E-state index in [1.807, 2.05) is 25.2 Å². The molecule has 1 aromatic heterocycles. The highest BCUT2D eigenvalue weighted by Crippen LogP contribution is 2.34. The van der Waals surface area contributed by atoms with E-state index in [0.29, 0.717) is 42.5 Å². The second-order valence-electron chi connectivity index (χ2n) is 6.74. The lowest BCUT2D eigenvalue weighted by atomic mass is 10.0. The normalized spacial score (nSPS) is 19.2. The third-order valence-electron chi connectivity index (χ3n) is 5.06. The first kappa shape index (κ1) is 19.7. The van der Waals surface area contributed by atoms with Crippen molar-refractivity contribution in [3.8, 4) is 11.5 Å². The molecule has 9 heteroatoms. The molecule has 2 heterocycles.